The van der Waals surface area contributed by atoms with Crippen molar-refractivity contribution in [2.24, 2.45) is 5.92 Å². The van der Waals surface area contributed by atoms with Crippen molar-refractivity contribution in [2.45, 2.75) is 26.3 Å². The molecule has 0 radical (unpaired) electrons. The summed E-state index contributed by atoms with van der Waals surface area (Å²) in [6.07, 6.45) is 1.50. The lowest BCUT2D eigenvalue weighted by molar-refractivity contribution is -0.145. The summed E-state index contributed by atoms with van der Waals surface area (Å²) in [5, 5.41) is 9.19. The van der Waals surface area contributed by atoms with Gasteiger partial charge in [0.1, 0.15) is 0 Å². The van der Waals surface area contributed by atoms with Crippen LogP contribution in [0.5, 0.6) is 11.5 Å². The smallest absolute Gasteiger partial charge is 0.307 e. The van der Waals surface area contributed by atoms with E-state index in [2.05, 4.69) is 0 Å². The van der Waals surface area contributed by atoms with Gasteiger partial charge in [0.25, 0.3) is 0 Å². The first-order valence-corrected chi connectivity index (χ1v) is 8.92. The topological polar surface area (TPSA) is 79.3 Å². The molecule has 0 aliphatic carbocycles. The monoisotopic (exact) mass is 364 g/mol. The summed E-state index contributed by atoms with van der Waals surface area (Å²) in [5.74, 6) is 0.137. The molecule has 1 amide bonds. The van der Waals surface area contributed by atoms with E-state index in [0.717, 1.165) is 18.5 Å². The van der Waals surface area contributed by atoms with E-state index in [1.54, 1.807) is 19.1 Å². The number of piperidine rings is 1. The zero-order chi connectivity index (χ0) is 19.1. The fourth-order valence-electron chi connectivity index (χ4n) is 3.27. The van der Waals surface area contributed by atoms with Gasteiger partial charge in [0, 0.05) is 19.6 Å². The molecule has 1 aliphatic heterocycles. The Morgan fingerprint density at radius 2 is 2.00 bits per heavy atom. The number of amides is 1. The van der Waals surface area contributed by atoms with Gasteiger partial charge in [0.05, 0.1) is 26.7 Å². The number of benzene rings is 1. The lowest BCUT2D eigenvalue weighted by Gasteiger charge is -2.32. The molecule has 1 aliphatic rings. The Hall–Kier alpha value is -2.28. The molecule has 1 saturated heterocycles. The maximum Gasteiger partial charge on any atom is 0.307 e. The Bertz CT molecular complexity index is 634. The number of aliphatic carboxylic acids is 1. The molecule has 0 saturated carbocycles. The highest BCUT2D eigenvalue weighted by atomic mass is 16.5. The Labute approximate surface area is 154 Å². The molecule has 0 bridgehead atoms. The van der Waals surface area contributed by atoms with Crippen molar-refractivity contribution in [3.63, 3.8) is 0 Å². The molecule has 0 spiro atoms. The zero-order valence-electron chi connectivity index (χ0n) is 15.7. The minimum atomic E-state index is -0.778. The van der Waals surface area contributed by atoms with Crippen LogP contribution < -0.4 is 9.47 Å². The highest BCUT2D eigenvalue weighted by Gasteiger charge is 2.27. The maximum absolute atomic E-state index is 12.7. The number of hydrogen-bond donors (Lipinski definition) is 1. The van der Waals surface area contributed by atoms with Gasteiger partial charge in [0.2, 0.25) is 5.91 Å². The first-order chi connectivity index (χ1) is 12.5. The first-order valence-electron chi connectivity index (χ1n) is 8.92. The highest BCUT2D eigenvalue weighted by Crippen LogP contribution is 2.28. The Kier molecular flexibility index (Phi) is 7.26. The van der Waals surface area contributed by atoms with Crippen LogP contribution in [0, 0.1) is 5.92 Å². The number of carbonyl (C=O) groups excluding carboxylic acids is 1. The Morgan fingerprint density at radius 3 is 2.62 bits per heavy atom. The molecular weight excluding hydrogens is 336 g/mol. The van der Waals surface area contributed by atoms with Crippen LogP contribution in [0.25, 0.3) is 0 Å². The zero-order valence-corrected chi connectivity index (χ0v) is 15.7. The molecule has 1 fully saturated rings. The molecule has 1 aromatic rings. The lowest BCUT2D eigenvalue weighted by Crippen LogP contribution is -2.45. The molecule has 144 valence electrons. The van der Waals surface area contributed by atoms with Gasteiger partial charge in [-0.05, 0) is 44.0 Å². The number of rotatable bonds is 8. The van der Waals surface area contributed by atoms with E-state index in [-0.39, 0.29) is 18.4 Å². The molecule has 1 aromatic carbocycles. The number of likely N-dealkylation sites (N-methyl/N-ethyl adjacent to an activating group) is 1. The largest absolute Gasteiger partial charge is 0.493 e. The van der Waals surface area contributed by atoms with Crippen LogP contribution in [0.1, 0.15) is 25.3 Å². The quantitative estimate of drug-likeness (QED) is 0.758. The second-order valence-electron chi connectivity index (χ2n) is 6.51. The summed E-state index contributed by atoms with van der Waals surface area (Å²) in [6.45, 7) is 4.47. The predicted octanol–water partition coefficient (Wildman–Crippen LogP) is 1.85. The molecular formula is C19H28N2O5. The normalized spacial score (nSPS) is 17.6. The average Bonchev–Trinajstić information content (AvgIpc) is 2.65. The van der Waals surface area contributed by atoms with Crippen molar-refractivity contribution in [3.8, 4) is 11.5 Å². The van der Waals surface area contributed by atoms with E-state index >= 15 is 0 Å². The van der Waals surface area contributed by atoms with Gasteiger partial charge in [-0.15, -0.1) is 0 Å². The number of nitrogens with zero attached hydrogens (tertiary/aromatic N) is 2. The number of carboxylic acids is 1. The maximum atomic E-state index is 12.7. The van der Waals surface area contributed by atoms with Gasteiger partial charge >= 0.3 is 5.97 Å². The van der Waals surface area contributed by atoms with E-state index < -0.39 is 5.97 Å². The second kappa shape index (κ2) is 9.43. The van der Waals surface area contributed by atoms with E-state index in [1.165, 1.54) is 0 Å². The molecule has 7 nitrogen and oxygen atoms in total. The lowest BCUT2D eigenvalue weighted by atomic mass is 9.98. The summed E-state index contributed by atoms with van der Waals surface area (Å²) in [7, 11) is 3.17. The van der Waals surface area contributed by atoms with E-state index in [4.69, 9.17) is 9.47 Å². The third-order valence-corrected chi connectivity index (χ3v) is 4.77. The average molecular weight is 364 g/mol. The summed E-state index contributed by atoms with van der Waals surface area (Å²) >= 11 is 0. The number of ether oxygens (including phenoxy) is 2. The van der Waals surface area contributed by atoms with E-state index in [9.17, 15) is 14.7 Å². The molecule has 1 N–H and O–H groups in total. The van der Waals surface area contributed by atoms with Gasteiger partial charge in [-0.2, -0.15) is 0 Å². The SMILES string of the molecule is CCN(Cc1ccc(OC)c(OC)c1)C(=O)CN1CCCC(C(=O)O)C1. The third-order valence-electron chi connectivity index (χ3n) is 4.77. The minimum absolute atomic E-state index is 0.00771. The summed E-state index contributed by atoms with van der Waals surface area (Å²) in [6, 6.07) is 5.61. The third kappa shape index (κ3) is 5.11. The Morgan fingerprint density at radius 1 is 1.27 bits per heavy atom. The molecule has 0 aromatic heterocycles. The molecule has 1 unspecified atom stereocenters. The summed E-state index contributed by atoms with van der Waals surface area (Å²) < 4.78 is 10.6. The predicted molar refractivity (Wildman–Crippen MR) is 97.4 cm³/mol. The van der Waals surface area contributed by atoms with Crippen LogP contribution in [0.15, 0.2) is 18.2 Å². The first kappa shape index (κ1) is 20.0. The van der Waals surface area contributed by atoms with Crippen LogP contribution in [-0.2, 0) is 16.1 Å². The van der Waals surface area contributed by atoms with E-state index in [1.807, 2.05) is 30.0 Å². The van der Waals surface area contributed by atoms with E-state index in [0.29, 0.717) is 37.6 Å². The molecule has 7 heteroatoms. The van der Waals surface area contributed by atoms with Crippen LogP contribution in [-0.4, -0.2) is 67.2 Å². The molecule has 2 rings (SSSR count). The highest BCUT2D eigenvalue weighted by molar-refractivity contribution is 5.78. The van der Waals surface area contributed by atoms with Gasteiger partial charge in [0.15, 0.2) is 11.5 Å². The molecule has 1 heterocycles. The number of hydrogen-bond acceptors (Lipinski definition) is 5. The van der Waals surface area contributed by atoms with Crippen molar-refractivity contribution < 1.29 is 24.2 Å². The van der Waals surface area contributed by atoms with Gasteiger partial charge in [-0.1, -0.05) is 6.07 Å². The second-order valence-corrected chi connectivity index (χ2v) is 6.51. The number of carboxylic acid groups (broad SMARTS) is 1. The fraction of sp³-hybridized carbons (Fsp3) is 0.579. The van der Waals surface area contributed by atoms with Gasteiger partial charge in [-0.3, -0.25) is 14.5 Å². The van der Waals surface area contributed by atoms with Gasteiger partial charge < -0.3 is 19.5 Å². The van der Waals surface area contributed by atoms with Crippen molar-refractivity contribution in [1.29, 1.82) is 0 Å². The Balaban J connectivity index is 1.99. The van der Waals surface area contributed by atoms with Crippen LogP contribution in [0.3, 0.4) is 0 Å². The number of likely N-dealkylation sites (tertiary alicyclic amines) is 1. The van der Waals surface area contributed by atoms with Crippen LogP contribution >= 0.6 is 0 Å². The van der Waals surface area contributed by atoms with Crippen molar-refractivity contribution in [1.82, 2.24) is 9.80 Å². The summed E-state index contributed by atoms with van der Waals surface area (Å²) in [5.41, 5.74) is 0.958. The van der Waals surface area contributed by atoms with Crippen molar-refractivity contribution in [2.75, 3.05) is 40.4 Å². The molecule has 26 heavy (non-hydrogen) atoms. The van der Waals surface area contributed by atoms with Crippen molar-refractivity contribution >= 4 is 11.9 Å². The number of carbonyl (C=O) groups is 2. The van der Waals surface area contributed by atoms with Crippen LogP contribution in [0.4, 0.5) is 0 Å². The standard InChI is InChI=1S/C19H28N2O5/c1-4-21(11-14-7-8-16(25-2)17(10-14)26-3)18(22)13-20-9-5-6-15(12-20)19(23)24/h7-8,10,15H,4-6,9,11-13H2,1-3H3,(H,23,24). The minimum Gasteiger partial charge on any atom is -0.493 e. The molecule has 1 atom stereocenters. The summed E-state index contributed by atoms with van der Waals surface area (Å²) in [4.78, 5) is 27.6. The van der Waals surface area contributed by atoms with Crippen LogP contribution in [0.2, 0.25) is 0 Å². The number of methoxy groups -OCH3 is 2. The fourth-order valence-corrected chi connectivity index (χ4v) is 3.27. The van der Waals surface area contributed by atoms with Gasteiger partial charge in [-0.25, -0.2) is 0 Å². The van der Waals surface area contributed by atoms with Crippen molar-refractivity contribution in [3.05, 3.63) is 23.8 Å².